The first-order chi connectivity index (χ1) is 13.6. The summed E-state index contributed by atoms with van der Waals surface area (Å²) in [4.78, 5) is 22.5. The highest BCUT2D eigenvalue weighted by molar-refractivity contribution is 5.69. The summed E-state index contributed by atoms with van der Waals surface area (Å²) in [6.45, 7) is 3.12. The molecule has 0 saturated carbocycles. The van der Waals surface area contributed by atoms with Crippen LogP contribution in [0.2, 0.25) is 0 Å². The van der Waals surface area contributed by atoms with Crippen molar-refractivity contribution in [3.05, 3.63) is 0 Å². The molecule has 0 aliphatic rings. The molecule has 0 amide bonds. The van der Waals surface area contributed by atoms with Crippen molar-refractivity contribution in [3.63, 3.8) is 0 Å². The van der Waals surface area contributed by atoms with Crippen LogP contribution in [0.3, 0.4) is 0 Å². The first-order valence-electron chi connectivity index (χ1n) is 11.5. The summed E-state index contributed by atoms with van der Waals surface area (Å²) in [6, 6.07) is 0. The highest BCUT2D eigenvalue weighted by Crippen LogP contribution is 2.14. The van der Waals surface area contributed by atoms with E-state index in [1.54, 1.807) is 0 Å². The molecule has 5 heteroatoms. The summed E-state index contributed by atoms with van der Waals surface area (Å²) in [5.41, 5.74) is 0. The van der Waals surface area contributed by atoms with Gasteiger partial charge in [0.2, 0.25) is 0 Å². The summed E-state index contributed by atoms with van der Waals surface area (Å²) in [5.74, 6) is -0.780. The van der Waals surface area contributed by atoms with Crippen LogP contribution in [-0.2, 0) is 19.1 Å². The molecule has 0 aliphatic carbocycles. The second-order valence-corrected chi connectivity index (χ2v) is 7.80. The maximum absolute atomic E-state index is 11.7. The lowest BCUT2D eigenvalue weighted by Crippen LogP contribution is -2.28. The Kier molecular flexibility index (Phi) is 19.8. The van der Waals surface area contributed by atoms with Crippen molar-refractivity contribution in [2.24, 2.45) is 0 Å². The Morgan fingerprint density at radius 3 is 1.57 bits per heavy atom. The molecule has 0 fully saturated rings. The van der Waals surface area contributed by atoms with Crippen molar-refractivity contribution in [1.29, 1.82) is 0 Å². The molecule has 5 nitrogen and oxygen atoms in total. The highest BCUT2D eigenvalue weighted by atomic mass is 16.6. The zero-order chi connectivity index (χ0) is 20.9. The van der Waals surface area contributed by atoms with Gasteiger partial charge in [-0.05, 0) is 6.42 Å². The van der Waals surface area contributed by atoms with Gasteiger partial charge in [0.25, 0.3) is 0 Å². The van der Waals surface area contributed by atoms with Crippen LogP contribution in [0.5, 0.6) is 0 Å². The predicted molar refractivity (Wildman–Crippen MR) is 113 cm³/mol. The second kappa shape index (κ2) is 20.6. The number of unbranched alkanes of at least 4 members (excludes halogenated alkanes) is 14. The van der Waals surface area contributed by atoms with Gasteiger partial charge in [-0.25, -0.2) is 0 Å². The third-order valence-electron chi connectivity index (χ3n) is 4.96. The largest absolute Gasteiger partial charge is 0.462 e. The van der Waals surface area contributed by atoms with Crippen LogP contribution in [0, 0.1) is 0 Å². The van der Waals surface area contributed by atoms with Crippen molar-refractivity contribution < 1.29 is 24.2 Å². The Labute approximate surface area is 172 Å². The molecule has 0 spiro atoms. The number of ether oxygens (including phenoxy) is 2. The van der Waals surface area contributed by atoms with E-state index in [4.69, 9.17) is 14.6 Å². The van der Waals surface area contributed by atoms with Crippen LogP contribution in [0.1, 0.15) is 117 Å². The number of hydrogen-bond donors (Lipinski definition) is 1. The minimum Gasteiger partial charge on any atom is -0.462 e. The molecule has 0 aromatic carbocycles. The Morgan fingerprint density at radius 1 is 0.750 bits per heavy atom. The van der Waals surface area contributed by atoms with E-state index >= 15 is 0 Å². The van der Waals surface area contributed by atoms with E-state index in [2.05, 4.69) is 6.92 Å². The smallest absolute Gasteiger partial charge is 0.306 e. The van der Waals surface area contributed by atoms with Crippen molar-refractivity contribution in [2.45, 2.75) is 123 Å². The van der Waals surface area contributed by atoms with Gasteiger partial charge in [-0.1, -0.05) is 96.8 Å². The topological polar surface area (TPSA) is 72.8 Å². The number of hydrogen-bond acceptors (Lipinski definition) is 5. The lowest BCUT2D eigenvalue weighted by molar-refractivity contribution is -0.160. The highest BCUT2D eigenvalue weighted by Gasteiger charge is 2.14. The van der Waals surface area contributed by atoms with Crippen LogP contribution in [0.4, 0.5) is 0 Å². The van der Waals surface area contributed by atoms with E-state index in [9.17, 15) is 9.59 Å². The summed E-state index contributed by atoms with van der Waals surface area (Å²) in [7, 11) is 0. The fraction of sp³-hybridized carbons (Fsp3) is 0.913. The van der Waals surface area contributed by atoms with Gasteiger partial charge in [0.1, 0.15) is 6.61 Å². The summed E-state index contributed by atoms with van der Waals surface area (Å²) < 4.78 is 9.85. The van der Waals surface area contributed by atoms with Crippen LogP contribution >= 0.6 is 0 Å². The first kappa shape index (κ1) is 26.9. The molecule has 0 aromatic rings. The van der Waals surface area contributed by atoms with Gasteiger partial charge in [-0.2, -0.15) is 0 Å². The first-order valence-corrected chi connectivity index (χ1v) is 11.5. The Bertz CT molecular complexity index is 370. The van der Waals surface area contributed by atoms with Crippen LogP contribution in [-0.4, -0.2) is 36.4 Å². The lowest BCUT2D eigenvalue weighted by atomic mass is 10.0. The Balaban J connectivity index is 3.33. The molecule has 0 radical (unpaired) electrons. The molecule has 0 heterocycles. The molecule has 1 atom stereocenters. The molecule has 0 bridgehead atoms. The third-order valence-corrected chi connectivity index (χ3v) is 4.96. The predicted octanol–water partition coefficient (Wildman–Crippen LogP) is 5.72. The van der Waals surface area contributed by atoms with Crippen molar-refractivity contribution >= 4 is 11.9 Å². The van der Waals surface area contributed by atoms with Gasteiger partial charge in [0.05, 0.1) is 6.61 Å². The standard InChI is InChI=1S/C23H44O5/c1-3-4-5-6-7-8-9-10-11-12-13-14-15-16-17-18-23(26)28-22(19-24)20-27-21(2)25/h22,24H,3-20H2,1-2H3. The molecule has 1 N–H and O–H groups in total. The van der Waals surface area contributed by atoms with E-state index in [1.165, 1.54) is 84.0 Å². The molecule has 0 aliphatic heterocycles. The molecule has 0 aromatic heterocycles. The van der Waals surface area contributed by atoms with Gasteiger partial charge in [0.15, 0.2) is 6.10 Å². The van der Waals surface area contributed by atoms with Crippen LogP contribution in [0.15, 0.2) is 0 Å². The van der Waals surface area contributed by atoms with Gasteiger partial charge in [0, 0.05) is 13.3 Å². The van der Waals surface area contributed by atoms with Crippen LogP contribution < -0.4 is 0 Å². The molecule has 166 valence electrons. The third kappa shape index (κ3) is 19.7. The zero-order valence-corrected chi connectivity index (χ0v) is 18.4. The van der Waals surface area contributed by atoms with Crippen molar-refractivity contribution in [3.8, 4) is 0 Å². The SMILES string of the molecule is CCCCCCCCCCCCCCCCCC(=O)OC(CO)COC(C)=O. The average molecular weight is 401 g/mol. The molecule has 28 heavy (non-hydrogen) atoms. The monoisotopic (exact) mass is 400 g/mol. The van der Waals surface area contributed by atoms with Crippen molar-refractivity contribution in [1.82, 2.24) is 0 Å². The van der Waals surface area contributed by atoms with E-state index in [0.29, 0.717) is 6.42 Å². The quantitative estimate of drug-likeness (QED) is 0.209. The summed E-state index contributed by atoms with van der Waals surface area (Å²) >= 11 is 0. The van der Waals surface area contributed by atoms with Gasteiger partial charge >= 0.3 is 11.9 Å². The fourth-order valence-electron chi connectivity index (χ4n) is 3.22. The Hall–Kier alpha value is -1.10. The number of carbonyl (C=O) groups excluding carboxylic acids is 2. The van der Waals surface area contributed by atoms with Gasteiger partial charge in [-0.3, -0.25) is 9.59 Å². The number of esters is 2. The van der Waals surface area contributed by atoms with E-state index in [1.807, 2.05) is 0 Å². The summed E-state index contributed by atoms with van der Waals surface area (Å²) in [6.07, 6.45) is 18.9. The molecular formula is C23H44O5. The molecule has 1 unspecified atom stereocenters. The average Bonchev–Trinajstić information content (AvgIpc) is 2.68. The second-order valence-electron chi connectivity index (χ2n) is 7.80. The fourth-order valence-corrected chi connectivity index (χ4v) is 3.22. The van der Waals surface area contributed by atoms with Crippen LogP contribution in [0.25, 0.3) is 0 Å². The molecule has 0 rings (SSSR count). The minimum atomic E-state index is -0.757. The maximum Gasteiger partial charge on any atom is 0.306 e. The normalized spacial score (nSPS) is 12.0. The number of aliphatic hydroxyl groups excluding tert-OH is 1. The molecule has 0 saturated heterocycles. The van der Waals surface area contributed by atoms with E-state index < -0.39 is 12.1 Å². The van der Waals surface area contributed by atoms with Gasteiger partial charge in [-0.15, -0.1) is 0 Å². The lowest BCUT2D eigenvalue weighted by Gasteiger charge is -2.15. The molecular weight excluding hydrogens is 356 g/mol. The van der Waals surface area contributed by atoms with Gasteiger partial charge < -0.3 is 14.6 Å². The van der Waals surface area contributed by atoms with E-state index in [-0.39, 0.29) is 19.2 Å². The maximum atomic E-state index is 11.7. The van der Waals surface area contributed by atoms with E-state index in [0.717, 1.165) is 19.3 Å². The number of carbonyl (C=O) groups is 2. The Morgan fingerprint density at radius 2 is 1.18 bits per heavy atom. The number of rotatable bonds is 20. The minimum absolute atomic E-state index is 0.0869. The number of aliphatic hydroxyl groups is 1. The summed E-state index contributed by atoms with van der Waals surface area (Å²) in [5, 5.41) is 9.12. The van der Waals surface area contributed by atoms with Crippen molar-refractivity contribution in [2.75, 3.05) is 13.2 Å². The zero-order valence-electron chi connectivity index (χ0n) is 18.4.